The van der Waals surface area contributed by atoms with Crippen LogP contribution in [0, 0.1) is 0 Å². The van der Waals surface area contributed by atoms with Crippen molar-refractivity contribution >= 4 is 41.5 Å². The summed E-state index contributed by atoms with van der Waals surface area (Å²) >= 11 is 11.8. The summed E-state index contributed by atoms with van der Waals surface area (Å²) in [5, 5.41) is 4.04. The molecular weight excluding hydrogens is 295 g/mol. The van der Waals surface area contributed by atoms with E-state index in [0.717, 1.165) is 18.4 Å². The van der Waals surface area contributed by atoms with E-state index in [0.29, 0.717) is 16.6 Å². The van der Waals surface area contributed by atoms with Crippen LogP contribution in [0.3, 0.4) is 0 Å². The smallest absolute Gasteiger partial charge is 0.236 e. The molecule has 18 heavy (non-hydrogen) atoms. The maximum absolute atomic E-state index is 11.2. The second kappa shape index (κ2) is 8.59. The highest BCUT2D eigenvalue weighted by Crippen LogP contribution is 2.21. The number of halogens is 3. The number of nitrogens with one attached hydrogen (secondary N) is 1. The molecule has 0 spiro atoms. The van der Waals surface area contributed by atoms with Gasteiger partial charge in [-0.05, 0) is 37.5 Å². The molecule has 3 nitrogen and oxygen atoms in total. The first-order chi connectivity index (χ1) is 8.00. The number of carbonyl (C=O) groups is 1. The summed E-state index contributed by atoms with van der Waals surface area (Å²) in [6, 6.07) is 4.97. The van der Waals surface area contributed by atoms with Crippen molar-refractivity contribution in [3.63, 3.8) is 0 Å². The maximum Gasteiger partial charge on any atom is 0.236 e. The lowest BCUT2D eigenvalue weighted by Gasteiger charge is -2.08. The van der Waals surface area contributed by atoms with E-state index < -0.39 is 6.04 Å². The Morgan fingerprint density at radius 2 is 2.11 bits per heavy atom. The minimum absolute atomic E-state index is 0. The Bertz CT molecular complexity index is 397. The van der Waals surface area contributed by atoms with E-state index in [2.05, 4.69) is 5.32 Å². The van der Waals surface area contributed by atoms with Gasteiger partial charge in [0.05, 0.1) is 6.04 Å². The number of amides is 1. The molecule has 0 aliphatic rings. The van der Waals surface area contributed by atoms with Gasteiger partial charge in [-0.2, -0.15) is 0 Å². The fourth-order valence-electron chi connectivity index (χ4n) is 1.38. The summed E-state index contributed by atoms with van der Waals surface area (Å²) in [4.78, 5) is 11.2. The van der Waals surface area contributed by atoms with Crippen molar-refractivity contribution in [1.82, 2.24) is 5.32 Å². The molecular formula is C12H17Cl3N2O. The fourth-order valence-corrected chi connectivity index (χ4v) is 1.88. The summed E-state index contributed by atoms with van der Waals surface area (Å²) in [6.07, 6.45) is 1.62. The first-order valence-corrected chi connectivity index (χ1v) is 6.23. The maximum atomic E-state index is 11.2. The van der Waals surface area contributed by atoms with Crippen molar-refractivity contribution in [1.29, 1.82) is 0 Å². The Hall–Kier alpha value is -0.480. The zero-order valence-corrected chi connectivity index (χ0v) is 12.4. The SMILES string of the molecule is C[C@H](N)C(=O)NCCCc1ccc(Cl)cc1Cl.Cl. The molecule has 0 aromatic heterocycles. The van der Waals surface area contributed by atoms with Crippen molar-refractivity contribution in [2.24, 2.45) is 5.73 Å². The summed E-state index contributed by atoms with van der Waals surface area (Å²) in [5.41, 5.74) is 6.46. The topological polar surface area (TPSA) is 55.1 Å². The third-order valence-corrected chi connectivity index (χ3v) is 2.94. The van der Waals surface area contributed by atoms with Gasteiger partial charge in [-0.15, -0.1) is 12.4 Å². The van der Waals surface area contributed by atoms with Gasteiger partial charge in [-0.1, -0.05) is 29.3 Å². The summed E-state index contributed by atoms with van der Waals surface area (Å²) < 4.78 is 0. The van der Waals surface area contributed by atoms with Crippen molar-refractivity contribution in [2.45, 2.75) is 25.8 Å². The lowest BCUT2D eigenvalue weighted by molar-refractivity contribution is -0.121. The minimum Gasteiger partial charge on any atom is -0.355 e. The molecule has 1 aromatic carbocycles. The van der Waals surface area contributed by atoms with Gasteiger partial charge in [0.2, 0.25) is 5.91 Å². The van der Waals surface area contributed by atoms with E-state index in [1.807, 2.05) is 12.1 Å². The van der Waals surface area contributed by atoms with Crippen LogP contribution < -0.4 is 11.1 Å². The van der Waals surface area contributed by atoms with E-state index in [9.17, 15) is 4.79 Å². The number of rotatable bonds is 5. The van der Waals surface area contributed by atoms with Crippen LogP contribution in [0.15, 0.2) is 18.2 Å². The van der Waals surface area contributed by atoms with Crippen LogP contribution in [-0.4, -0.2) is 18.5 Å². The summed E-state index contributed by atoms with van der Waals surface area (Å²) in [6.45, 7) is 2.25. The largest absolute Gasteiger partial charge is 0.355 e. The van der Waals surface area contributed by atoms with Gasteiger partial charge >= 0.3 is 0 Å². The Balaban J connectivity index is 0.00000289. The molecule has 0 unspecified atom stereocenters. The molecule has 0 heterocycles. The normalized spacial score (nSPS) is 11.6. The van der Waals surface area contributed by atoms with E-state index in [-0.39, 0.29) is 18.3 Å². The lowest BCUT2D eigenvalue weighted by Crippen LogP contribution is -2.38. The van der Waals surface area contributed by atoms with Gasteiger partial charge in [0.25, 0.3) is 0 Å². The molecule has 1 atom stereocenters. The predicted molar refractivity (Wildman–Crippen MR) is 78.7 cm³/mol. The van der Waals surface area contributed by atoms with Crippen LogP contribution in [0.25, 0.3) is 0 Å². The zero-order valence-electron chi connectivity index (χ0n) is 10.1. The molecule has 1 rings (SSSR count). The number of carbonyl (C=O) groups excluding carboxylic acids is 1. The van der Waals surface area contributed by atoms with Crippen molar-refractivity contribution in [3.05, 3.63) is 33.8 Å². The Labute approximate surface area is 123 Å². The average molecular weight is 312 g/mol. The Kier molecular flexibility index (Phi) is 8.36. The molecule has 0 aliphatic carbocycles. The molecule has 0 radical (unpaired) electrons. The third-order valence-electron chi connectivity index (χ3n) is 2.35. The van der Waals surface area contributed by atoms with Crippen molar-refractivity contribution in [3.8, 4) is 0 Å². The highest BCUT2D eigenvalue weighted by Gasteiger charge is 2.06. The second-order valence-electron chi connectivity index (χ2n) is 3.92. The number of hydrogen-bond donors (Lipinski definition) is 2. The number of nitrogens with two attached hydrogens (primary N) is 1. The van der Waals surface area contributed by atoms with Crippen LogP contribution in [0.4, 0.5) is 0 Å². The van der Waals surface area contributed by atoms with E-state index in [1.54, 1.807) is 13.0 Å². The molecule has 1 amide bonds. The average Bonchev–Trinajstić information content (AvgIpc) is 2.26. The van der Waals surface area contributed by atoms with Gasteiger partial charge in [-0.3, -0.25) is 4.79 Å². The highest BCUT2D eigenvalue weighted by molar-refractivity contribution is 6.35. The summed E-state index contributed by atoms with van der Waals surface area (Å²) in [5.74, 6) is -0.132. The minimum atomic E-state index is -0.464. The third kappa shape index (κ3) is 5.91. The van der Waals surface area contributed by atoms with Crippen LogP contribution in [-0.2, 0) is 11.2 Å². The number of hydrogen-bond acceptors (Lipinski definition) is 2. The number of benzene rings is 1. The van der Waals surface area contributed by atoms with Crippen LogP contribution in [0.1, 0.15) is 18.9 Å². The molecule has 0 saturated heterocycles. The highest BCUT2D eigenvalue weighted by atomic mass is 35.5. The first kappa shape index (κ1) is 17.5. The Morgan fingerprint density at radius 1 is 1.44 bits per heavy atom. The molecule has 0 bridgehead atoms. The van der Waals surface area contributed by atoms with E-state index in [1.165, 1.54) is 0 Å². The molecule has 3 N–H and O–H groups in total. The molecule has 0 fully saturated rings. The Morgan fingerprint density at radius 3 is 2.67 bits per heavy atom. The van der Waals surface area contributed by atoms with Gasteiger partial charge in [0, 0.05) is 16.6 Å². The van der Waals surface area contributed by atoms with Crippen molar-refractivity contribution < 1.29 is 4.79 Å². The molecule has 6 heteroatoms. The van der Waals surface area contributed by atoms with Gasteiger partial charge in [-0.25, -0.2) is 0 Å². The first-order valence-electron chi connectivity index (χ1n) is 5.48. The molecule has 0 saturated carbocycles. The van der Waals surface area contributed by atoms with Gasteiger partial charge in [0.15, 0.2) is 0 Å². The fraction of sp³-hybridized carbons (Fsp3) is 0.417. The van der Waals surface area contributed by atoms with Crippen LogP contribution >= 0.6 is 35.6 Å². The number of aryl methyl sites for hydroxylation is 1. The quantitative estimate of drug-likeness (QED) is 0.822. The lowest BCUT2D eigenvalue weighted by atomic mass is 10.1. The van der Waals surface area contributed by atoms with Crippen molar-refractivity contribution in [2.75, 3.05) is 6.54 Å². The monoisotopic (exact) mass is 310 g/mol. The van der Waals surface area contributed by atoms with Crippen LogP contribution in [0.5, 0.6) is 0 Å². The molecule has 1 aromatic rings. The zero-order chi connectivity index (χ0) is 12.8. The van der Waals surface area contributed by atoms with Gasteiger partial charge in [0.1, 0.15) is 0 Å². The standard InChI is InChI=1S/C12H16Cl2N2O.ClH/c1-8(15)12(17)16-6-2-3-9-4-5-10(13)7-11(9)14;/h4-5,7-8H,2-3,6,15H2,1H3,(H,16,17);1H/t8-;/m0./s1. The molecule has 102 valence electrons. The van der Waals surface area contributed by atoms with Gasteiger partial charge < -0.3 is 11.1 Å². The van der Waals surface area contributed by atoms with Crippen LogP contribution in [0.2, 0.25) is 10.0 Å². The van der Waals surface area contributed by atoms with E-state index in [4.69, 9.17) is 28.9 Å². The second-order valence-corrected chi connectivity index (χ2v) is 4.76. The van der Waals surface area contributed by atoms with E-state index >= 15 is 0 Å². The summed E-state index contributed by atoms with van der Waals surface area (Å²) in [7, 11) is 0. The predicted octanol–water partition coefficient (Wildman–Crippen LogP) is 2.81. The molecule has 0 aliphatic heterocycles.